The molecule has 0 aliphatic rings. The lowest BCUT2D eigenvalue weighted by Crippen LogP contribution is -2.37. The average Bonchev–Trinajstić information content (AvgIpc) is 2.36. The van der Waals surface area contributed by atoms with E-state index in [1.165, 1.54) is 12.1 Å². The molecule has 1 rings (SSSR count). The minimum Gasteiger partial charge on any atom is -0.392 e. The number of halogens is 1. The SMILES string of the molecule is CCC(C)C(C)NS(=O)(=O)c1ccc(CO)cc1F. The van der Waals surface area contributed by atoms with Gasteiger partial charge in [0.05, 0.1) is 6.61 Å². The summed E-state index contributed by atoms with van der Waals surface area (Å²) in [6, 6.07) is 3.33. The van der Waals surface area contributed by atoms with Gasteiger partial charge in [-0.2, -0.15) is 0 Å². The molecule has 19 heavy (non-hydrogen) atoms. The smallest absolute Gasteiger partial charge is 0.243 e. The van der Waals surface area contributed by atoms with E-state index in [4.69, 9.17) is 5.11 Å². The molecule has 0 aliphatic heterocycles. The highest BCUT2D eigenvalue weighted by Crippen LogP contribution is 2.18. The standard InChI is InChI=1S/C13H20FNO3S/c1-4-9(2)10(3)15-19(17,18)13-6-5-11(8-16)7-12(13)14/h5-7,9-10,15-16H,4,8H2,1-3H3. The molecule has 0 amide bonds. The normalized spacial score (nSPS) is 15.2. The second-order valence-corrected chi connectivity index (χ2v) is 6.40. The van der Waals surface area contributed by atoms with Crippen molar-refractivity contribution in [3.05, 3.63) is 29.6 Å². The van der Waals surface area contributed by atoms with E-state index in [1.54, 1.807) is 6.92 Å². The van der Waals surface area contributed by atoms with Crippen LogP contribution < -0.4 is 4.72 Å². The van der Waals surface area contributed by atoms with Crippen molar-refractivity contribution in [2.24, 2.45) is 5.92 Å². The second-order valence-electron chi connectivity index (χ2n) is 4.72. The van der Waals surface area contributed by atoms with Gasteiger partial charge in [0.15, 0.2) is 0 Å². The van der Waals surface area contributed by atoms with E-state index >= 15 is 0 Å². The number of hydrogen-bond donors (Lipinski definition) is 2. The molecule has 1 aromatic rings. The summed E-state index contributed by atoms with van der Waals surface area (Å²) >= 11 is 0. The van der Waals surface area contributed by atoms with Crippen LogP contribution in [0.2, 0.25) is 0 Å². The Morgan fingerprint density at radius 3 is 2.47 bits per heavy atom. The summed E-state index contributed by atoms with van der Waals surface area (Å²) in [5.41, 5.74) is 0.339. The third-order valence-electron chi connectivity index (χ3n) is 3.31. The van der Waals surface area contributed by atoms with Gasteiger partial charge in [-0.25, -0.2) is 17.5 Å². The summed E-state index contributed by atoms with van der Waals surface area (Å²) in [6.45, 7) is 5.32. The Morgan fingerprint density at radius 2 is 2.00 bits per heavy atom. The fourth-order valence-corrected chi connectivity index (χ4v) is 3.05. The number of benzene rings is 1. The van der Waals surface area contributed by atoms with Crippen molar-refractivity contribution in [3.8, 4) is 0 Å². The van der Waals surface area contributed by atoms with Gasteiger partial charge in [0.1, 0.15) is 10.7 Å². The maximum atomic E-state index is 13.7. The van der Waals surface area contributed by atoms with Crippen LogP contribution >= 0.6 is 0 Å². The Labute approximate surface area is 113 Å². The molecule has 0 fully saturated rings. The zero-order valence-corrected chi connectivity index (χ0v) is 12.2. The van der Waals surface area contributed by atoms with E-state index in [1.807, 2.05) is 13.8 Å². The second kappa shape index (κ2) is 6.45. The molecule has 0 aliphatic carbocycles. The van der Waals surface area contributed by atoms with Crippen molar-refractivity contribution < 1.29 is 17.9 Å². The first-order valence-electron chi connectivity index (χ1n) is 6.23. The third-order valence-corrected chi connectivity index (χ3v) is 4.90. The molecule has 108 valence electrons. The topological polar surface area (TPSA) is 66.4 Å². The molecule has 0 spiro atoms. The summed E-state index contributed by atoms with van der Waals surface area (Å²) < 4.78 is 40.3. The molecule has 4 nitrogen and oxygen atoms in total. The first kappa shape index (κ1) is 16.1. The Bertz CT molecular complexity index is 531. The summed E-state index contributed by atoms with van der Waals surface area (Å²) in [5, 5.41) is 8.87. The van der Waals surface area contributed by atoms with Crippen LogP contribution in [-0.2, 0) is 16.6 Å². The van der Waals surface area contributed by atoms with E-state index in [0.29, 0.717) is 5.56 Å². The van der Waals surface area contributed by atoms with Crippen molar-refractivity contribution in [1.29, 1.82) is 0 Å². The minimum absolute atomic E-state index is 0.162. The molecule has 0 radical (unpaired) electrons. The quantitative estimate of drug-likeness (QED) is 0.842. The van der Waals surface area contributed by atoms with E-state index in [2.05, 4.69) is 4.72 Å². The van der Waals surface area contributed by atoms with Crippen molar-refractivity contribution in [1.82, 2.24) is 4.72 Å². The molecular weight excluding hydrogens is 269 g/mol. The van der Waals surface area contributed by atoms with Crippen LogP contribution in [0.3, 0.4) is 0 Å². The van der Waals surface area contributed by atoms with Crippen molar-refractivity contribution in [2.45, 2.75) is 44.7 Å². The van der Waals surface area contributed by atoms with Gasteiger partial charge in [-0.1, -0.05) is 26.3 Å². The van der Waals surface area contributed by atoms with E-state index in [0.717, 1.165) is 12.5 Å². The summed E-state index contributed by atoms with van der Waals surface area (Å²) in [7, 11) is -3.88. The van der Waals surface area contributed by atoms with E-state index < -0.39 is 15.8 Å². The first-order chi connectivity index (χ1) is 8.81. The maximum Gasteiger partial charge on any atom is 0.243 e. The number of sulfonamides is 1. The Hall–Kier alpha value is -0.980. The molecule has 0 heterocycles. The van der Waals surface area contributed by atoms with Crippen molar-refractivity contribution >= 4 is 10.0 Å². The highest BCUT2D eigenvalue weighted by Gasteiger charge is 2.23. The number of nitrogens with one attached hydrogen (secondary N) is 1. The van der Waals surface area contributed by atoms with Crippen LogP contribution in [-0.4, -0.2) is 19.6 Å². The third kappa shape index (κ3) is 3.99. The first-order valence-corrected chi connectivity index (χ1v) is 7.71. The van der Waals surface area contributed by atoms with E-state index in [-0.39, 0.29) is 23.5 Å². The van der Waals surface area contributed by atoms with Crippen molar-refractivity contribution in [2.75, 3.05) is 0 Å². The Kier molecular flexibility index (Phi) is 5.46. The minimum atomic E-state index is -3.88. The van der Waals surface area contributed by atoms with Gasteiger partial charge in [0.2, 0.25) is 10.0 Å². The van der Waals surface area contributed by atoms with Crippen LogP contribution in [0.4, 0.5) is 4.39 Å². The van der Waals surface area contributed by atoms with E-state index in [9.17, 15) is 12.8 Å². The number of aliphatic hydroxyl groups excluding tert-OH is 1. The Morgan fingerprint density at radius 1 is 1.37 bits per heavy atom. The fourth-order valence-electron chi connectivity index (χ4n) is 1.64. The predicted molar refractivity (Wildman–Crippen MR) is 71.6 cm³/mol. The zero-order chi connectivity index (χ0) is 14.6. The fraction of sp³-hybridized carbons (Fsp3) is 0.538. The van der Waals surface area contributed by atoms with Gasteiger partial charge in [0.25, 0.3) is 0 Å². The Balaban J connectivity index is 3.01. The molecule has 0 bridgehead atoms. The van der Waals surface area contributed by atoms with Crippen LogP contribution in [0.25, 0.3) is 0 Å². The highest BCUT2D eigenvalue weighted by atomic mass is 32.2. The summed E-state index contributed by atoms with van der Waals surface area (Å²) in [5.74, 6) is -0.690. The number of rotatable bonds is 6. The van der Waals surface area contributed by atoms with Gasteiger partial charge in [0, 0.05) is 6.04 Å². The lowest BCUT2D eigenvalue weighted by molar-refractivity contribution is 0.281. The summed E-state index contributed by atoms with van der Waals surface area (Å²) in [4.78, 5) is -0.389. The molecule has 0 saturated carbocycles. The van der Waals surface area contributed by atoms with Crippen LogP contribution in [0.15, 0.2) is 23.1 Å². The molecule has 2 atom stereocenters. The molecule has 1 aromatic carbocycles. The maximum absolute atomic E-state index is 13.7. The summed E-state index contributed by atoms with van der Waals surface area (Å²) in [6.07, 6.45) is 0.829. The van der Waals surface area contributed by atoms with Gasteiger partial charge in [-0.3, -0.25) is 0 Å². The van der Waals surface area contributed by atoms with Gasteiger partial charge >= 0.3 is 0 Å². The van der Waals surface area contributed by atoms with Crippen LogP contribution in [0.1, 0.15) is 32.8 Å². The van der Waals surface area contributed by atoms with Gasteiger partial charge in [-0.05, 0) is 30.5 Å². The lowest BCUT2D eigenvalue weighted by Gasteiger charge is -2.20. The molecule has 2 N–H and O–H groups in total. The van der Waals surface area contributed by atoms with Crippen molar-refractivity contribution in [3.63, 3.8) is 0 Å². The predicted octanol–water partition coefficient (Wildman–Crippen LogP) is 2.03. The monoisotopic (exact) mass is 289 g/mol. The molecule has 0 aromatic heterocycles. The lowest BCUT2D eigenvalue weighted by atomic mass is 10.0. The van der Waals surface area contributed by atoms with Gasteiger partial charge < -0.3 is 5.11 Å². The molecule has 6 heteroatoms. The molecular formula is C13H20FNO3S. The number of aliphatic hydroxyl groups is 1. The van der Waals surface area contributed by atoms with Gasteiger partial charge in [-0.15, -0.1) is 0 Å². The zero-order valence-electron chi connectivity index (χ0n) is 11.4. The largest absolute Gasteiger partial charge is 0.392 e. The molecule has 2 unspecified atom stereocenters. The number of hydrogen-bond acceptors (Lipinski definition) is 3. The van der Waals surface area contributed by atoms with Crippen LogP contribution in [0.5, 0.6) is 0 Å². The average molecular weight is 289 g/mol. The van der Waals surface area contributed by atoms with Crippen LogP contribution in [0, 0.1) is 11.7 Å². The molecule has 0 saturated heterocycles. The highest BCUT2D eigenvalue weighted by molar-refractivity contribution is 7.89.